The molecule has 1 aromatic carbocycles. The number of hydrogen-bond acceptors (Lipinski definition) is 7. The number of ether oxygens (including phenoxy) is 1. The normalized spacial score (nSPS) is 15.1. The molecule has 35 heavy (non-hydrogen) atoms. The van der Waals surface area contributed by atoms with Crippen molar-refractivity contribution in [2.24, 2.45) is 0 Å². The minimum Gasteiger partial charge on any atom is -0.379 e. The molecule has 0 aliphatic carbocycles. The molecule has 0 saturated carbocycles. The molecule has 182 valence electrons. The van der Waals surface area contributed by atoms with E-state index in [0.717, 1.165) is 25.2 Å². The van der Waals surface area contributed by atoms with E-state index in [1.165, 1.54) is 22.6 Å². The van der Waals surface area contributed by atoms with Crippen molar-refractivity contribution in [2.75, 3.05) is 32.8 Å². The van der Waals surface area contributed by atoms with Crippen LogP contribution in [0.2, 0.25) is 0 Å². The largest absolute Gasteiger partial charge is 0.379 e. The van der Waals surface area contributed by atoms with Crippen LogP contribution in [0.3, 0.4) is 0 Å². The molecule has 1 fully saturated rings. The van der Waals surface area contributed by atoms with Crippen LogP contribution < -0.4 is 11.0 Å². The fraction of sp³-hybridized carbons (Fsp3) is 0.320. The fourth-order valence-electron chi connectivity index (χ4n) is 4.50. The zero-order valence-corrected chi connectivity index (χ0v) is 20.3. The van der Waals surface area contributed by atoms with Gasteiger partial charge >= 0.3 is 0 Å². The predicted octanol–water partition coefficient (Wildman–Crippen LogP) is 1.99. The number of benzene rings is 1. The van der Waals surface area contributed by atoms with Gasteiger partial charge in [-0.3, -0.25) is 19.5 Å². The van der Waals surface area contributed by atoms with E-state index >= 15 is 0 Å². The first-order valence-electron chi connectivity index (χ1n) is 11.6. The monoisotopic (exact) mass is 493 g/mol. The Labute approximate surface area is 202 Å². The number of pyridine rings is 2. The highest BCUT2D eigenvalue weighted by Gasteiger charge is 2.24. The van der Waals surface area contributed by atoms with Gasteiger partial charge in [0.15, 0.2) is 0 Å². The summed E-state index contributed by atoms with van der Waals surface area (Å²) >= 11 is 0. The van der Waals surface area contributed by atoms with Crippen LogP contribution in [-0.2, 0) is 21.1 Å². The third-order valence-corrected chi connectivity index (χ3v) is 8.18. The van der Waals surface area contributed by atoms with E-state index < -0.39 is 9.84 Å². The number of sulfone groups is 1. The van der Waals surface area contributed by atoms with Gasteiger partial charge in [-0.2, -0.15) is 0 Å². The van der Waals surface area contributed by atoms with Gasteiger partial charge in [-0.15, -0.1) is 0 Å². The van der Waals surface area contributed by atoms with Crippen molar-refractivity contribution < 1.29 is 13.2 Å². The summed E-state index contributed by atoms with van der Waals surface area (Å²) in [5, 5.41) is 9.06. The molecule has 3 aromatic heterocycles. The second-order valence-electron chi connectivity index (χ2n) is 8.67. The molecule has 0 amide bonds. The Balaban J connectivity index is 1.70. The van der Waals surface area contributed by atoms with Gasteiger partial charge in [-0.05, 0) is 43.2 Å². The minimum atomic E-state index is -4.02. The maximum atomic E-state index is 13.5. The molecule has 0 bridgehead atoms. The zero-order valence-electron chi connectivity index (χ0n) is 19.5. The molecule has 0 spiro atoms. The van der Waals surface area contributed by atoms with Crippen LogP contribution in [0.25, 0.3) is 16.7 Å². The number of morpholine rings is 1. The van der Waals surface area contributed by atoms with E-state index in [0.29, 0.717) is 37.5 Å². The van der Waals surface area contributed by atoms with Crippen molar-refractivity contribution >= 4 is 26.5 Å². The molecule has 1 N–H and O–H groups in total. The first-order chi connectivity index (χ1) is 16.9. The Morgan fingerprint density at radius 3 is 2.51 bits per heavy atom. The topological polar surface area (TPSA) is 110 Å². The maximum absolute atomic E-state index is 13.5. The summed E-state index contributed by atoms with van der Waals surface area (Å²) < 4.78 is 35.4. The second-order valence-corrected chi connectivity index (χ2v) is 10.6. The third kappa shape index (κ3) is 4.29. The summed E-state index contributed by atoms with van der Waals surface area (Å²) in [7, 11) is -4.02. The van der Waals surface area contributed by atoms with Gasteiger partial charge in [0.2, 0.25) is 9.84 Å². The lowest BCUT2D eigenvalue weighted by Crippen LogP contribution is -2.37. The molecule has 5 rings (SSSR count). The number of rotatable bonds is 6. The predicted molar refractivity (Wildman–Crippen MR) is 131 cm³/mol. The Morgan fingerprint density at radius 1 is 1.03 bits per heavy atom. The molecule has 9 nitrogen and oxygen atoms in total. The highest BCUT2D eigenvalue weighted by Crippen LogP contribution is 2.21. The lowest BCUT2D eigenvalue weighted by atomic mass is 10.2. The minimum absolute atomic E-state index is 0.0809. The smallest absolute Gasteiger partial charge is 0.267 e. The van der Waals surface area contributed by atoms with Gasteiger partial charge in [0.25, 0.3) is 5.56 Å². The van der Waals surface area contributed by atoms with E-state index in [9.17, 15) is 13.2 Å². The molecule has 4 aromatic rings. The van der Waals surface area contributed by atoms with Gasteiger partial charge in [0, 0.05) is 32.4 Å². The number of nitrogens with one attached hydrogen (secondary N) is 1. The molecule has 1 aliphatic rings. The van der Waals surface area contributed by atoms with Crippen LogP contribution in [0.5, 0.6) is 0 Å². The molecule has 0 atom stereocenters. The van der Waals surface area contributed by atoms with Crippen molar-refractivity contribution in [1.29, 1.82) is 5.41 Å². The van der Waals surface area contributed by atoms with E-state index in [1.54, 1.807) is 35.0 Å². The highest BCUT2D eigenvalue weighted by atomic mass is 32.2. The Morgan fingerprint density at radius 2 is 1.77 bits per heavy atom. The summed E-state index contributed by atoms with van der Waals surface area (Å²) in [5.41, 5.74) is 1.10. The molecular weight excluding hydrogens is 466 g/mol. The van der Waals surface area contributed by atoms with E-state index in [2.05, 4.69) is 4.90 Å². The SMILES string of the molecule is Cc1cccn2c(=O)c3cc(S(=O)(=O)c4ccccc4)c(=N)n(CCCN4CCOCC4)c3nc12. The molecule has 1 saturated heterocycles. The number of fused-ring (bicyclic) bond motifs is 2. The Kier molecular flexibility index (Phi) is 6.26. The average Bonchev–Trinajstić information content (AvgIpc) is 2.87. The van der Waals surface area contributed by atoms with Crippen LogP contribution in [0, 0.1) is 12.3 Å². The Bertz CT molecular complexity index is 1620. The third-order valence-electron chi connectivity index (χ3n) is 6.40. The maximum Gasteiger partial charge on any atom is 0.267 e. The quantitative estimate of drug-likeness (QED) is 0.412. The summed E-state index contributed by atoms with van der Waals surface area (Å²) in [5.74, 6) is 0. The van der Waals surface area contributed by atoms with Gasteiger partial charge in [-0.1, -0.05) is 24.3 Å². The molecule has 0 radical (unpaired) electrons. The van der Waals surface area contributed by atoms with Crippen LogP contribution in [0.15, 0.2) is 69.3 Å². The first-order valence-corrected chi connectivity index (χ1v) is 13.1. The number of nitrogens with zero attached hydrogens (tertiary/aromatic N) is 4. The number of aromatic nitrogens is 3. The molecule has 1 aliphatic heterocycles. The fourth-order valence-corrected chi connectivity index (χ4v) is 5.90. The van der Waals surface area contributed by atoms with Crippen molar-refractivity contribution in [1.82, 2.24) is 18.9 Å². The van der Waals surface area contributed by atoms with Crippen LogP contribution >= 0.6 is 0 Å². The lowest BCUT2D eigenvalue weighted by Gasteiger charge is -2.26. The zero-order chi connectivity index (χ0) is 24.6. The van der Waals surface area contributed by atoms with Gasteiger partial charge in [-0.25, -0.2) is 13.4 Å². The van der Waals surface area contributed by atoms with Crippen molar-refractivity contribution in [3.8, 4) is 0 Å². The van der Waals surface area contributed by atoms with Crippen LogP contribution in [0.4, 0.5) is 0 Å². The molecule has 0 unspecified atom stereocenters. The summed E-state index contributed by atoms with van der Waals surface area (Å²) in [6.07, 6.45) is 2.30. The summed E-state index contributed by atoms with van der Waals surface area (Å²) in [6, 6.07) is 12.9. The Hall–Kier alpha value is -3.34. The van der Waals surface area contributed by atoms with E-state index in [1.807, 2.05) is 13.0 Å². The van der Waals surface area contributed by atoms with Gasteiger partial charge < -0.3 is 9.30 Å². The van der Waals surface area contributed by atoms with Crippen molar-refractivity contribution in [3.63, 3.8) is 0 Å². The number of aryl methyl sites for hydroxylation is 2. The van der Waals surface area contributed by atoms with Gasteiger partial charge in [0.1, 0.15) is 21.7 Å². The second kappa shape index (κ2) is 9.37. The van der Waals surface area contributed by atoms with Gasteiger partial charge in [0.05, 0.1) is 23.5 Å². The van der Waals surface area contributed by atoms with Crippen molar-refractivity contribution in [2.45, 2.75) is 29.7 Å². The van der Waals surface area contributed by atoms with Crippen LogP contribution in [-0.4, -0.2) is 60.1 Å². The van der Waals surface area contributed by atoms with Crippen LogP contribution in [0.1, 0.15) is 12.0 Å². The first kappa shape index (κ1) is 23.4. The van der Waals surface area contributed by atoms with Crippen molar-refractivity contribution in [3.05, 3.63) is 76.1 Å². The summed E-state index contributed by atoms with van der Waals surface area (Å²) in [4.78, 5) is 20.4. The standard InChI is InChI=1S/C25H27N5O4S/c1-18-7-5-11-30-23(18)27-24-20(25(30)31)17-21(35(32,33)19-8-3-2-4-9-19)22(26)29(24)12-6-10-28-13-15-34-16-14-28/h2-5,7-9,11,17,26H,6,10,12-16H2,1H3. The van der Waals surface area contributed by atoms with E-state index in [4.69, 9.17) is 15.1 Å². The molecular formula is C25H27N5O4S. The average molecular weight is 494 g/mol. The molecule has 4 heterocycles. The highest BCUT2D eigenvalue weighted by molar-refractivity contribution is 7.91. The summed E-state index contributed by atoms with van der Waals surface area (Å²) in [6.45, 7) is 6.06. The lowest BCUT2D eigenvalue weighted by molar-refractivity contribution is 0.0369. The molecule has 10 heteroatoms. The number of hydrogen-bond donors (Lipinski definition) is 1. The van der Waals surface area contributed by atoms with E-state index in [-0.39, 0.29) is 26.2 Å².